The molecule has 1 aromatic heterocycles. The first-order valence-corrected chi connectivity index (χ1v) is 7.87. The molecule has 0 saturated heterocycles. The van der Waals surface area contributed by atoms with E-state index in [1.165, 1.54) is 0 Å². The van der Waals surface area contributed by atoms with Crippen LogP contribution in [0, 0.1) is 0 Å². The number of benzene rings is 2. The molecule has 0 aliphatic heterocycles. The van der Waals surface area contributed by atoms with E-state index in [1.807, 2.05) is 24.4 Å². The third-order valence-electron chi connectivity index (χ3n) is 3.83. The van der Waals surface area contributed by atoms with Crippen LogP contribution in [0.2, 0.25) is 0 Å². The Morgan fingerprint density at radius 1 is 1.24 bits per heavy atom. The van der Waals surface area contributed by atoms with Crippen molar-refractivity contribution in [1.29, 1.82) is 0 Å². The lowest BCUT2D eigenvalue weighted by Gasteiger charge is -2.13. The molecule has 0 saturated carbocycles. The minimum absolute atomic E-state index is 0.118. The standard InChI is InChI=1S/C19H19N3O3/c1-25-17-5-2-4-15(12-17)18(23)13-20-19(24)14-6-8-16(9-7-14)22-11-3-10-21-22/h2-12,18,23H,13H2,1H3,(H,20,24). The molecule has 2 N–H and O–H groups in total. The van der Waals surface area contributed by atoms with E-state index in [1.54, 1.807) is 54.4 Å². The number of aliphatic hydroxyl groups is 1. The van der Waals surface area contributed by atoms with Gasteiger partial charge in [0.25, 0.3) is 5.91 Å². The summed E-state index contributed by atoms with van der Waals surface area (Å²) in [6, 6.07) is 16.1. The first-order chi connectivity index (χ1) is 12.2. The average molecular weight is 337 g/mol. The Hall–Kier alpha value is -3.12. The molecule has 1 atom stereocenters. The van der Waals surface area contributed by atoms with Gasteiger partial charge in [-0.2, -0.15) is 5.10 Å². The van der Waals surface area contributed by atoms with E-state index in [4.69, 9.17) is 4.74 Å². The highest BCUT2D eigenvalue weighted by Crippen LogP contribution is 2.18. The Bertz CT molecular complexity index is 829. The Balaban J connectivity index is 1.60. The number of nitrogens with one attached hydrogen (secondary N) is 1. The molecular formula is C19H19N3O3. The number of carbonyl (C=O) groups is 1. The fourth-order valence-electron chi connectivity index (χ4n) is 2.45. The molecule has 0 aliphatic rings. The molecule has 3 aromatic rings. The minimum atomic E-state index is -0.803. The highest BCUT2D eigenvalue weighted by atomic mass is 16.5. The van der Waals surface area contributed by atoms with Crippen LogP contribution in [-0.2, 0) is 0 Å². The monoisotopic (exact) mass is 337 g/mol. The lowest BCUT2D eigenvalue weighted by molar-refractivity contribution is 0.0916. The van der Waals surface area contributed by atoms with Crippen LogP contribution < -0.4 is 10.1 Å². The predicted molar refractivity (Wildman–Crippen MR) is 93.9 cm³/mol. The fourth-order valence-corrected chi connectivity index (χ4v) is 2.45. The Morgan fingerprint density at radius 2 is 2.04 bits per heavy atom. The molecular weight excluding hydrogens is 318 g/mol. The van der Waals surface area contributed by atoms with Gasteiger partial charge in [0.05, 0.1) is 18.9 Å². The van der Waals surface area contributed by atoms with Crippen LogP contribution in [0.5, 0.6) is 5.75 Å². The van der Waals surface area contributed by atoms with E-state index in [2.05, 4.69) is 10.4 Å². The molecule has 1 heterocycles. The topological polar surface area (TPSA) is 76.4 Å². The van der Waals surface area contributed by atoms with Crippen LogP contribution in [0.15, 0.2) is 67.0 Å². The van der Waals surface area contributed by atoms with Crippen molar-refractivity contribution in [3.05, 3.63) is 78.1 Å². The second-order valence-electron chi connectivity index (χ2n) is 5.50. The van der Waals surface area contributed by atoms with Gasteiger partial charge in [0.2, 0.25) is 0 Å². The van der Waals surface area contributed by atoms with Crippen molar-refractivity contribution < 1.29 is 14.6 Å². The van der Waals surface area contributed by atoms with Crippen molar-refractivity contribution in [2.75, 3.05) is 13.7 Å². The van der Waals surface area contributed by atoms with Crippen molar-refractivity contribution in [3.63, 3.8) is 0 Å². The van der Waals surface area contributed by atoms with Gasteiger partial charge in [-0.15, -0.1) is 0 Å². The Kier molecular flexibility index (Phi) is 5.11. The highest BCUT2D eigenvalue weighted by molar-refractivity contribution is 5.94. The van der Waals surface area contributed by atoms with E-state index in [0.29, 0.717) is 16.9 Å². The fraction of sp³-hybridized carbons (Fsp3) is 0.158. The van der Waals surface area contributed by atoms with Gasteiger partial charge in [0.1, 0.15) is 5.75 Å². The summed E-state index contributed by atoms with van der Waals surface area (Å²) in [4.78, 5) is 12.2. The number of rotatable bonds is 6. The maximum absolute atomic E-state index is 12.2. The maximum Gasteiger partial charge on any atom is 0.251 e. The van der Waals surface area contributed by atoms with Crippen LogP contribution in [-0.4, -0.2) is 34.4 Å². The van der Waals surface area contributed by atoms with E-state index < -0.39 is 6.10 Å². The molecule has 0 radical (unpaired) electrons. The van der Waals surface area contributed by atoms with Gasteiger partial charge in [-0.25, -0.2) is 4.68 Å². The predicted octanol–water partition coefficient (Wildman–Crippen LogP) is 2.34. The molecule has 0 aliphatic carbocycles. The molecule has 128 valence electrons. The Labute approximate surface area is 145 Å². The first-order valence-electron chi connectivity index (χ1n) is 7.87. The summed E-state index contributed by atoms with van der Waals surface area (Å²) < 4.78 is 6.85. The zero-order chi connectivity index (χ0) is 17.6. The zero-order valence-corrected chi connectivity index (χ0v) is 13.8. The number of nitrogens with zero attached hydrogens (tertiary/aromatic N) is 2. The van der Waals surface area contributed by atoms with Gasteiger partial charge in [0.15, 0.2) is 0 Å². The SMILES string of the molecule is COc1cccc(C(O)CNC(=O)c2ccc(-n3cccn3)cc2)c1. The van der Waals surface area contributed by atoms with Gasteiger partial charge in [-0.1, -0.05) is 12.1 Å². The third-order valence-corrected chi connectivity index (χ3v) is 3.83. The summed E-state index contributed by atoms with van der Waals surface area (Å²) in [6.45, 7) is 0.118. The van der Waals surface area contributed by atoms with Crippen molar-refractivity contribution >= 4 is 5.91 Å². The third kappa shape index (κ3) is 4.05. The normalized spacial score (nSPS) is 11.8. The molecule has 1 amide bonds. The minimum Gasteiger partial charge on any atom is -0.497 e. The van der Waals surface area contributed by atoms with Crippen LogP contribution >= 0.6 is 0 Å². The number of aromatic nitrogens is 2. The van der Waals surface area contributed by atoms with E-state index in [9.17, 15) is 9.90 Å². The van der Waals surface area contributed by atoms with Gasteiger partial charge < -0.3 is 15.2 Å². The van der Waals surface area contributed by atoms with Crippen molar-refractivity contribution in [1.82, 2.24) is 15.1 Å². The van der Waals surface area contributed by atoms with Crippen LogP contribution in [0.25, 0.3) is 5.69 Å². The van der Waals surface area contributed by atoms with Crippen LogP contribution in [0.4, 0.5) is 0 Å². The number of carbonyl (C=O) groups excluding carboxylic acids is 1. The molecule has 0 bridgehead atoms. The number of amides is 1. The molecule has 6 nitrogen and oxygen atoms in total. The van der Waals surface area contributed by atoms with Crippen LogP contribution in [0.3, 0.4) is 0 Å². The smallest absolute Gasteiger partial charge is 0.251 e. The Morgan fingerprint density at radius 3 is 2.72 bits per heavy atom. The molecule has 0 spiro atoms. The lowest BCUT2D eigenvalue weighted by atomic mass is 10.1. The molecule has 0 fully saturated rings. The molecule has 1 unspecified atom stereocenters. The van der Waals surface area contributed by atoms with Gasteiger partial charge in [-0.3, -0.25) is 4.79 Å². The average Bonchev–Trinajstić information content (AvgIpc) is 3.20. The van der Waals surface area contributed by atoms with Crippen molar-refractivity contribution in [3.8, 4) is 11.4 Å². The van der Waals surface area contributed by atoms with E-state index in [0.717, 1.165) is 5.69 Å². The largest absolute Gasteiger partial charge is 0.497 e. The van der Waals surface area contributed by atoms with Gasteiger partial charge in [0, 0.05) is 24.5 Å². The summed E-state index contributed by atoms with van der Waals surface area (Å²) in [6.07, 6.45) is 2.72. The summed E-state index contributed by atoms with van der Waals surface area (Å²) >= 11 is 0. The highest BCUT2D eigenvalue weighted by Gasteiger charge is 2.12. The molecule has 6 heteroatoms. The summed E-state index contributed by atoms with van der Waals surface area (Å²) in [5.41, 5.74) is 2.08. The van der Waals surface area contributed by atoms with E-state index >= 15 is 0 Å². The maximum atomic E-state index is 12.2. The second-order valence-corrected chi connectivity index (χ2v) is 5.50. The molecule has 3 rings (SSSR count). The summed E-state index contributed by atoms with van der Waals surface area (Å²) in [5.74, 6) is 0.422. The number of hydrogen-bond acceptors (Lipinski definition) is 4. The van der Waals surface area contributed by atoms with E-state index in [-0.39, 0.29) is 12.5 Å². The number of hydrogen-bond donors (Lipinski definition) is 2. The van der Waals surface area contributed by atoms with Crippen molar-refractivity contribution in [2.45, 2.75) is 6.10 Å². The van der Waals surface area contributed by atoms with Gasteiger partial charge >= 0.3 is 0 Å². The first kappa shape index (κ1) is 16.7. The van der Waals surface area contributed by atoms with Crippen LogP contribution in [0.1, 0.15) is 22.0 Å². The molecule has 25 heavy (non-hydrogen) atoms. The summed E-state index contributed by atoms with van der Waals surface area (Å²) in [5, 5.41) is 17.1. The number of aliphatic hydroxyl groups excluding tert-OH is 1. The second kappa shape index (κ2) is 7.63. The quantitative estimate of drug-likeness (QED) is 0.724. The number of ether oxygens (including phenoxy) is 1. The van der Waals surface area contributed by atoms with Gasteiger partial charge in [-0.05, 0) is 48.0 Å². The summed E-state index contributed by atoms with van der Waals surface area (Å²) in [7, 11) is 1.57. The molecule has 2 aromatic carbocycles. The number of methoxy groups -OCH3 is 1. The van der Waals surface area contributed by atoms with Crippen molar-refractivity contribution in [2.24, 2.45) is 0 Å². The zero-order valence-electron chi connectivity index (χ0n) is 13.8. The lowest BCUT2D eigenvalue weighted by Crippen LogP contribution is -2.28.